The SMILES string of the molecule is NC(=O)CN1CCN(CCCCCCC(=O)c2cc(-c3cccs3)on2)CC1.NC(=O)CN1CCNCC1.O=CCCCCCC(=O)c1cc(-c2cccs2)on1.[B]. The molecule has 2 saturated heterocycles. The first-order valence-electron chi connectivity index (χ1n) is 19.7. The number of primary amides is 2. The molecule has 0 spiro atoms. The Morgan fingerprint density at radius 1 is 0.672 bits per heavy atom. The molecule has 0 aliphatic carbocycles. The molecule has 2 aliphatic rings. The average Bonchev–Trinajstić information content (AvgIpc) is 4.05. The number of thiophene rings is 2. The van der Waals surface area contributed by atoms with Crippen LogP contribution >= 0.6 is 22.7 Å². The van der Waals surface area contributed by atoms with Crippen molar-refractivity contribution >= 4 is 60.8 Å². The highest BCUT2D eigenvalue weighted by molar-refractivity contribution is 7.13. The van der Waals surface area contributed by atoms with Crippen molar-refractivity contribution in [1.29, 1.82) is 0 Å². The summed E-state index contributed by atoms with van der Waals surface area (Å²) in [6.45, 7) is 9.43. The van der Waals surface area contributed by atoms with Gasteiger partial charge in [-0.1, -0.05) is 41.7 Å². The van der Waals surface area contributed by atoms with E-state index in [1.54, 1.807) is 34.8 Å². The lowest BCUT2D eigenvalue weighted by atomic mass is 10.1. The van der Waals surface area contributed by atoms with Gasteiger partial charge in [-0.05, 0) is 55.1 Å². The van der Waals surface area contributed by atoms with Crippen LogP contribution in [0.15, 0.2) is 56.2 Å². The fourth-order valence-electron chi connectivity index (χ4n) is 6.28. The molecule has 0 unspecified atom stereocenters. The van der Waals surface area contributed by atoms with Gasteiger partial charge in [0.1, 0.15) is 17.7 Å². The van der Waals surface area contributed by atoms with Crippen LogP contribution in [0, 0.1) is 0 Å². The number of carbonyl (C=O) groups is 5. The number of carbonyl (C=O) groups excluding carboxylic acids is 5. The van der Waals surface area contributed by atoms with Crippen molar-refractivity contribution in [3.05, 3.63) is 58.5 Å². The number of amides is 2. The Bertz CT molecular complexity index is 1770. The van der Waals surface area contributed by atoms with E-state index in [9.17, 15) is 24.0 Å². The Labute approximate surface area is 350 Å². The molecule has 15 nitrogen and oxygen atoms in total. The van der Waals surface area contributed by atoms with E-state index in [0.717, 1.165) is 120 Å². The molecule has 4 aromatic heterocycles. The normalized spacial score (nSPS) is 14.6. The van der Waals surface area contributed by atoms with Crippen molar-refractivity contribution in [3.63, 3.8) is 0 Å². The Balaban J connectivity index is 0.000000258. The van der Waals surface area contributed by atoms with Gasteiger partial charge in [0, 0.05) is 92.2 Å². The summed E-state index contributed by atoms with van der Waals surface area (Å²) in [5.74, 6) is 0.863. The molecule has 2 amide bonds. The van der Waals surface area contributed by atoms with Crippen LogP contribution < -0.4 is 16.8 Å². The molecule has 0 aromatic carbocycles. The van der Waals surface area contributed by atoms with Crippen molar-refractivity contribution in [2.75, 3.05) is 72.0 Å². The van der Waals surface area contributed by atoms with Crippen molar-refractivity contribution in [1.82, 2.24) is 30.3 Å². The van der Waals surface area contributed by atoms with Gasteiger partial charge in [0.2, 0.25) is 11.8 Å². The minimum absolute atomic E-state index is 0. The smallest absolute Gasteiger partial charge is 0.231 e. The molecule has 3 radical (unpaired) electrons. The molecule has 4 aromatic rings. The molecule has 6 rings (SSSR count). The van der Waals surface area contributed by atoms with E-state index in [1.807, 2.05) is 35.0 Å². The minimum atomic E-state index is -0.253. The third-order valence-corrected chi connectivity index (χ3v) is 11.2. The number of hydrogen-bond donors (Lipinski definition) is 3. The zero-order valence-corrected chi connectivity index (χ0v) is 34.8. The van der Waals surface area contributed by atoms with Crippen LogP contribution in [-0.2, 0) is 14.4 Å². The van der Waals surface area contributed by atoms with Gasteiger partial charge in [-0.15, -0.1) is 22.7 Å². The van der Waals surface area contributed by atoms with Gasteiger partial charge in [0.05, 0.1) is 22.8 Å². The Hall–Kier alpha value is -4.33. The van der Waals surface area contributed by atoms with Crippen LogP contribution in [0.5, 0.6) is 0 Å². The lowest BCUT2D eigenvalue weighted by Crippen LogP contribution is -2.48. The molecule has 0 atom stereocenters. The maximum absolute atomic E-state index is 12.2. The topological polar surface area (TPSA) is 211 Å². The van der Waals surface area contributed by atoms with E-state index in [4.69, 9.17) is 20.5 Å². The summed E-state index contributed by atoms with van der Waals surface area (Å²) in [5, 5.41) is 14.8. The third-order valence-electron chi connectivity index (χ3n) is 9.41. The summed E-state index contributed by atoms with van der Waals surface area (Å²) in [5.41, 5.74) is 11.1. The summed E-state index contributed by atoms with van der Waals surface area (Å²) in [6, 6.07) is 11.2. The number of hydrogen-bond acceptors (Lipinski definition) is 15. The minimum Gasteiger partial charge on any atom is -0.369 e. The number of aldehydes is 1. The fraction of sp³-hybridized carbons (Fsp3) is 0.525. The molecule has 2 aliphatic heterocycles. The monoisotopic (exact) mass is 835 g/mol. The van der Waals surface area contributed by atoms with Gasteiger partial charge in [-0.2, -0.15) is 0 Å². The number of nitrogens with one attached hydrogen (secondary N) is 1. The van der Waals surface area contributed by atoms with Gasteiger partial charge in [0.25, 0.3) is 0 Å². The van der Waals surface area contributed by atoms with Crippen molar-refractivity contribution < 1.29 is 33.0 Å². The number of unbranched alkanes of at least 4 members (excludes halogenated alkanes) is 6. The molecule has 5 N–H and O–H groups in total. The fourth-order valence-corrected chi connectivity index (χ4v) is 7.63. The second-order valence-corrected chi connectivity index (χ2v) is 15.9. The van der Waals surface area contributed by atoms with E-state index in [0.29, 0.717) is 55.3 Å². The van der Waals surface area contributed by atoms with Gasteiger partial charge in [-0.3, -0.25) is 29.0 Å². The second-order valence-electron chi connectivity index (χ2n) is 14.0. The third kappa shape index (κ3) is 18.1. The maximum Gasteiger partial charge on any atom is 0.231 e. The summed E-state index contributed by atoms with van der Waals surface area (Å²) in [6.07, 6.45) is 9.15. The summed E-state index contributed by atoms with van der Waals surface area (Å²) >= 11 is 3.12. The largest absolute Gasteiger partial charge is 0.369 e. The van der Waals surface area contributed by atoms with E-state index in [2.05, 4.69) is 30.3 Å². The van der Waals surface area contributed by atoms with E-state index >= 15 is 0 Å². The molecule has 18 heteroatoms. The number of aromatic nitrogens is 2. The Kier molecular flexibility index (Phi) is 22.7. The van der Waals surface area contributed by atoms with Crippen LogP contribution in [0.1, 0.15) is 85.2 Å². The highest BCUT2D eigenvalue weighted by atomic mass is 32.1. The van der Waals surface area contributed by atoms with Crippen LogP contribution in [0.2, 0.25) is 0 Å². The van der Waals surface area contributed by atoms with E-state index < -0.39 is 0 Å². The van der Waals surface area contributed by atoms with Crippen LogP contribution in [0.25, 0.3) is 21.3 Å². The van der Waals surface area contributed by atoms with Crippen molar-refractivity contribution in [2.45, 2.75) is 64.2 Å². The van der Waals surface area contributed by atoms with E-state index in [-0.39, 0.29) is 31.8 Å². The Morgan fingerprint density at radius 2 is 1.14 bits per heavy atom. The standard InChI is InChI=1S/C20H28N4O3S.C14H15NO3S.C6H13N3O.B/c21-20(26)15-24-11-9-23(10-12-24)8-4-2-1-3-6-17(25)16-14-18(27-22-16)19-7-5-13-28-19;16-8-4-2-1-3-6-12(17)11-10-13(18-15-11)14-7-5-9-19-14;7-6(10)5-9-3-1-8-2-4-9;/h5,7,13-14H,1-4,6,8-12,15H2,(H2,21,26);5,7-10H,1-4,6H2;8H,1-5H2,(H2,7,10);. The van der Waals surface area contributed by atoms with Gasteiger partial charge < -0.3 is 35.5 Å². The molecule has 2 fully saturated rings. The lowest BCUT2D eigenvalue weighted by molar-refractivity contribution is -0.120. The first-order valence-corrected chi connectivity index (χ1v) is 21.4. The van der Waals surface area contributed by atoms with Gasteiger partial charge in [-0.25, -0.2) is 0 Å². The van der Waals surface area contributed by atoms with Crippen molar-refractivity contribution in [3.8, 4) is 21.3 Å². The van der Waals surface area contributed by atoms with Crippen LogP contribution in [0.4, 0.5) is 0 Å². The summed E-state index contributed by atoms with van der Waals surface area (Å²) < 4.78 is 10.4. The number of Topliss-reactive ketones (excluding diaryl/α,β-unsaturated/α-hetero) is 2. The molecular formula is C40H56BN8O7S2. The number of nitrogens with two attached hydrogens (primary N) is 2. The second kappa shape index (κ2) is 27.4. The molecular weight excluding hydrogens is 779 g/mol. The first kappa shape index (κ1) is 48.0. The molecule has 0 saturated carbocycles. The van der Waals surface area contributed by atoms with Crippen LogP contribution in [0.3, 0.4) is 0 Å². The number of piperazine rings is 2. The van der Waals surface area contributed by atoms with Gasteiger partial charge >= 0.3 is 0 Å². The summed E-state index contributed by atoms with van der Waals surface area (Å²) in [7, 11) is 0. The number of nitrogens with zero attached hydrogens (tertiary/aromatic N) is 5. The number of rotatable bonds is 21. The highest BCUT2D eigenvalue weighted by Crippen LogP contribution is 2.27. The average molecular weight is 836 g/mol. The highest BCUT2D eigenvalue weighted by Gasteiger charge is 2.18. The van der Waals surface area contributed by atoms with Crippen molar-refractivity contribution in [2.24, 2.45) is 11.5 Å². The Morgan fingerprint density at radius 3 is 1.60 bits per heavy atom. The summed E-state index contributed by atoms with van der Waals surface area (Å²) in [4.78, 5) is 64.2. The zero-order valence-electron chi connectivity index (χ0n) is 33.2. The molecule has 6 heterocycles. The zero-order chi connectivity index (χ0) is 40.7. The van der Waals surface area contributed by atoms with Gasteiger partial charge in [0.15, 0.2) is 23.1 Å². The molecule has 58 heavy (non-hydrogen) atoms. The number of ketones is 2. The predicted molar refractivity (Wildman–Crippen MR) is 227 cm³/mol. The first-order chi connectivity index (χ1) is 27.7. The molecule has 0 bridgehead atoms. The predicted octanol–water partition coefficient (Wildman–Crippen LogP) is 4.37. The maximum atomic E-state index is 12.2. The van der Waals surface area contributed by atoms with Crippen LogP contribution in [-0.4, -0.2) is 135 Å². The molecule has 313 valence electrons. The quantitative estimate of drug-likeness (QED) is 0.0462. The van der Waals surface area contributed by atoms with E-state index in [1.165, 1.54) is 0 Å². The lowest BCUT2D eigenvalue weighted by Gasteiger charge is -2.33.